The first kappa shape index (κ1) is 12.2. The third-order valence-electron chi connectivity index (χ3n) is 3.12. The molecule has 0 unspecified atom stereocenters. The summed E-state index contributed by atoms with van der Waals surface area (Å²) in [5, 5.41) is 4.89. The van der Waals surface area contributed by atoms with Crippen molar-refractivity contribution in [2.24, 2.45) is 0 Å². The lowest BCUT2D eigenvalue weighted by atomic mass is 10.1. The molecule has 0 atom stereocenters. The van der Waals surface area contributed by atoms with Crippen molar-refractivity contribution in [1.82, 2.24) is 4.98 Å². The maximum Gasteiger partial charge on any atom is 0.272 e. The van der Waals surface area contributed by atoms with Crippen LogP contribution in [0.25, 0.3) is 10.8 Å². The summed E-state index contributed by atoms with van der Waals surface area (Å²) >= 11 is 0. The molecule has 1 heterocycles. The Labute approximate surface area is 115 Å². The molecule has 3 aromatic rings. The SMILES string of the molecule is O=Cc1c[nH]c(C(=O)Nc2cccc3ccccc23)c1. The fraction of sp³-hybridized carbons (Fsp3) is 0. The smallest absolute Gasteiger partial charge is 0.272 e. The second kappa shape index (κ2) is 5.01. The number of fused-ring (bicyclic) bond motifs is 1. The van der Waals surface area contributed by atoms with Crippen LogP contribution in [-0.2, 0) is 0 Å². The van der Waals surface area contributed by atoms with Crippen LogP contribution in [0.5, 0.6) is 0 Å². The molecule has 0 saturated heterocycles. The summed E-state index contributed by atoms with van der Waals surface area (Å²) in [7, 11) is 0. The Morgan fingerprint density at radius 1 is 1.10 bits per heavy atom. The molecule has 0 aliphatic rings. The number of aromatic amines is 1. The highest BCUT2D eigenvalue weighted by molar-refractivity contribution is 6.08. The molecule has 1 amide bonds. The second-order valence-corrected chi connectivity index (χ2v) is 4.45. The van der Waals surface area contributed by atoms with Gasteiger partial charge >= 0.3 is 0 Å². The zero-order chi connectivity index (χ0) is 13.9. The van der Waals surface area contributed by atoms with Crippen LogP contribution >= 0.6 is 0 Å². The number of benzene rings is 2. The lowest BCUT2D eigenvalue weighted by molar-refractivity contribution is 0.102. The monoisotopic (exact) mass is 264 g/mol. The van der Waals surface area contributed by atoms with Gasteiger partial charge in [-0.15, -0.1) is 0 Å². The summed E-state index contributed by atoms with van der Waals surface area (Å²) < 4.78 is 0. The highest BCUT2D eigenvalue weighted by Crippen LogP contribution is 2.23. The molecule has 0 radical (unpaired) electrons. The molecular weight excluding hydrogens is 252 g/mol. The Hall–Kier alpha value is -2.88. The minimum absolute atomic E-state index is 0.269. The average molecular weight is 264 g/mol. The molecule has 2 aromatic carbocycles. The fourth-order valence-corrected chi connectivity index (χ4v) is 2.13. The fourth-order valence-electron chi connectivity index (χ4n) is 2.13. The average Bonchev–Trinajstić information content (AvgIpc) is 2.97. The molecule has 4 heteroatoms. The first-order valence-electron chi connectivity index (χ1n) is 6.20. The van der Waals surface area contributed by atoms with Crippen molar-refractivity contribution < 1.29 is 9.59 Å². The summed E-state index contributed by atoms with van der Waals surface area (Å²) in [6, 6.07) is 15.1. The summed E-state index contributed by atoms with van der Waals surface area (Å²) in [4.78, 5) is 25.5. The number of hydrogen-bond donors (Lipinski definition) is 2. The molecule has 2 N–H and O–H groups in total. The topological polar surface area (TPSA) is 62.0 Å². The maximum absolute atomic E-state index is 12.1. The van der Waals surface area contributed by atoms with E-state index >= 15 is 0 Å². The Bertz CT molecular complexity index is 785. The van der Waals surface area contributed by atoms with Gasteiger partial charge in [0.05, 0.1) is 0 Å². The van der Waals surface area contributed by atoms with Gasteiger partial charge in [0, 0.05) is 22.8 Å². The van der Waals surface area contributed by atoms with E-state index in [4.69, 9.17) is 0 Å². The van der Waals surface area contributed by atoms with Gasteiger partial charge in [-0.25, -0.2) is 0 Å². The summed E-state index contributed by atoms with van der Waals surface area (Å²) in [5.41, 5.74) is 1.56. The lowest BCUT2D eigenvalue weighted by Crippen LogP contribution is -2.12. The van der Waals surface area contributed by atoms with Crippen molar-refractivity contribution in [2.45, 2.75) is 0 Å². The van der Waals surface area contributed by atoms with E-state index < -0.39 is 0 Å². The maximum atomic E-state index is 12.1. The molecule has 98 valence electrons. The van der Waals surface area contributed by atoms with Crippen molar-refractivity contribution in [1.29, 1.82) is 0 Å². The minimum Gasteiger partial charge on any atom is -0.356 e. The Morgan fingerprint density at radius 3 is 2.70 bits per heavy atom. The van der Waals surface area contributed by atoms with Crippen molar-refractivity contribution in [3.8, 4) is 0 Å². The number of carbonyl (C=O) groups is 2. The van der Waals surface area contributed by atoms with Crippen molar-refractivity contribution >= 4 is 28.7 Å². The molecule has 0 saturated carbocycles. The molecule has 0 spiro atoms. The third-order valence-corrected chi connectivity index (χ3v) is 3.12. The van der Waals surface area contributed by atoms with Gasteiger partial charge in [-0.05, 0) is 17.5 Å². The number of nitrogens with one attached hydrogen (secondary N) is 2. The van der Waals surface area contributed by atoms with E-state index in [1.165, 1.54) is 12.3 Å². The number of rotatable bonds is 3. The van der Waals surface area contributed by atoms with E-state index in [2.05, 4.69) is 10.3 Å². The van der Waals surface area contributed by atoms with Gasteiger partial charge in [-0.2, -0.15) is 0 Å². The third kappa shape index (κ3) is 2.19. The van der Waals surface area contributed by atoms with Crippen LogP contribution in [0.3, 0.4) is 0 Å². The van der Waals surface area contributed by atoms with E-state index in [1.807, 2.05) is 42.5 Å². The zero-order valence-corrected chi connectivity index (χ0v) is 10.6. The first-order chi connectivity index (χ1) is 9.78. The van der Waals surface area contributed by atoms with Crippen LogP contribution in [0.15, 0.2) is 54.7 Å². The largest absolute Gasteiger partial charge is 0.356 e. The quantitative estimate of drug-likeness (QED) is 0.713. The molecule has 0 fully saturated rings. The number of aldehydes is 1. The van der Waals surface area contributed by atoms with E-state index in [0.717, 1.165) is 16.5 Å². The van der Waals surface area contributed by atoms with E-state index in [9.17, 15) is 9.59 Å². The minimum atomic E-state index is -0.269. The number of anilines is 1. The van der Waals surface area contributed by atoms with Gasteiger partial charge in [0.2, 0.25) is 0 Å². The number of hydrogen-bond acceptors (Lipinski definition) is 2. The van der Waals surface area contributed by atoms with Crippen molar-refractivity contribution in [3.05, 3.63) is 66.0 Å². The Morgan fingerprint density at radius 2 is 1.90 bits per heavy atom. The molecule has 4 nitrogen and oxygen atoms in total. The molecule has 0 aliphatic carbocycles. The normalized spacial score (nSPS) is 10.4. The van der Waals surface area contributed by atoms with E-state index in [1.54, 1.807) is 0 Å². The van der Waals surface area contributed by atoms with Crippen LogP contribution in [0.2, 0.25) is 0 Å². The first-order valence-corrected chi connectivity index (χ1v) is 6.20. The number of amides is 1. The molecule has 1 aromatic heterocycles. The molecule has 0 bridgehead atoms. The summed E-state index contributed by atoms with van der Waals surface area (Å²) in [6.07, 6.45) is 2.20. The van der Waals surface area contributed by atoms with Crippen LogP contribution in [0.4, 0.5) is 5.69 Å². The number of aromatic nitrogens is 1. The van der Waals surface area contributed by atoms with Gasteiger partial charge < -0.3 is 10.3 Å². The van der Waals surface area contributed by atoms with Gasteiger partial charge in [0.25, 0.3) is 5.91 Å². The van der Waals surface area contributed by atoms with Gasteiger partial charge in [-0.1, -0.05) is 36.4 Å². The molecular formula is C16H12N2O2. The zero-order valence-electron chi connectivity index (χ0n) is 10.6. The molecule has 20 heavy (non-hydrogen) atoms. The Balaban J connectivity index is 1.93. The molecule has 0 aliphatic heterocycles. The van der Waals surface area contributed by atoms with Crippen molar-refractivity contribution in [3.63, 3.8) is 0 Å². The summed E-state index contributed by atoms with van der Waals surface area (Å²) in [6.45, 7) is 0. The predicted octanol–water partition coefficient (Wildman–Crippen LogP) is 3.23. The highest BCUT2D eigenvalue weighted by Gasteiger charge is 2.10. The number of carbonyl (C=O) groups excluding carboxylic acids is 2. The predicted molar refractivity (Wildman–Crippen MR) is 78.1 cm³/mol. The van der Waals surface area contributed by atoms with Crippen molar-refractivity contribution in [2.75, 3.05) is 5.32 Å². The highest BCUT2D eigenvalue weighted by atomic mass is 16.2. The van der Waals surface area contributed by atoms with E-state index in [-0.39, 0.29) is 5.91 Å². The van der Waals surface area contributed by atoms with Gasteiger partial charge in [0.15, 0.2) is 6.29 Å². The molecule has 3 rings (SSSR count). The van der Waals surface area contributed by atoms with Crippen LogP contribution in [-0.4, -0.2) is 17.2 Å². The standard InChI is InChI=1S/C16H12N2O2/c19-10-11-8-15(17-9-11)16(20)18-14-7-3-5-12-4-1-2-6-13(12)14/h1-10,17H,(H,18,20). The Kier molecular flexibility index (Phi) is 3.05. The summed E-state index contributed by atoms with van der Waals surface area (Å²) in [5.74, 6) is -0.269. The second-order valence-electron chi connectivity index (χ2n) is 4.45. The number of H-pyrrole nitrogens is 1. The van der Waals surface area contributed by atoms with Crippen LogP contribution in [0.1, 0.15) is 20.8 Å². The van der Waals surface area contributed by atoms with Crippen LogP contribution < -0.4 is 5.32 Å². The lowest BCUT2D eigenvalue weighted by Gasteiger charge is -2.07. The van der Waals surface area contributed by atoms with Crippen LogP contribution in [0, 0.1) is 0 Å². The van der Waals surface area contributed by atoms with Gasteiger partial charge in [-0.3, -0.25) is 9.59 Å². The van der Waals surface area contributed by atoms with E-state index in [0.29, 0.717) is 17.5 Å². The van der Waals surface area contributed by atoms with Gasteiger partial charge in [0.1, 0.15) is 5.69 Å².